The molecule has 11 heteroatoms. The van der Waals surface area contributed by atoms with Crippen LogP contribution in [0, 0.1) is 11.8 Å². The Balaban J connectivity index is 1.22. The minimum atomic E-state index is -0.577. The normalized spacial score (nSPS) is 22.2. The molecule has 51 heavy (non-hydrogen) atoms. The first-order chi connectivity index (χ1) is 24.8. The van der Waals surface area contributed by atoms with Crippen LogP contribution in [0.4, 0.5) is 4.79 Å². The van der Waals surface area contributed by atoms with Gasteiger partial charge in [-0.2, -0.15) is 0 Å². The summed E-state index contributed by atoms with van der Waals surface area (Å²) in [6, 6.07) is 18.7. The van der Waals surface area contributed by atoms with E-state index >= 15 is 0 Å². The Morgan fingerprint density at radius 1 is 0.725 bits per heavy atom. The summed E-state index contributed by atoms with van der Waals surface area (Å²) in [5, 5.41) is 0. The van der Waals surface area contributed by atoms with Crippen LogP contribution < -0.4 is 4.74 Å². The van der Waals surface area contributed by atoms with E-state index in [-0.39, 0.29) is 23.8 Å². The van der Waals surface area contributed by atoms with Crippen LogP contribution in [0.5, 0.6) is 5.75 Å². The molecule has 2 aromatic rings. The van der Waals surface area contributed by atoms with Gasteiger partial charge in [0.2, 0.25) is 0 Å². The second kappa shape index (κ2) is 21.1. The summed E-state index contributed by atoms with van der Waals surface area (Å²) in [5.41, 5.74) is 1.81. The van der Waals surface area contributed by atoms with Gasteiger partial charge in [-0.05, 0) is 49.9 Å². The number of carbonyl (C=O) groups is 1. The molecule has 284 valence electrons. The van der Waals surface area contributed by atoms with Crippen molar-refractivity contribution in [3.63, 3.8) is 0 Å². The Morgan fingerprint density at radius 2 is 1.29 bits per heavy atom. The Bertz CT molecular complexity index is 1210. The second-order valence-electron chi connectivity index (χ2n) is 14.8. The van der Waals surface area contributed by atoms with Gasteiger partial charge < -0.3 is 38.1 Å². The lowest BCUT2D eigenvalue weighted by molar-refractivity contribution is -0.0326. The molecular formula is C40H61N3O8. The zero-order valence-corrected chi connectivity index (χ0v) is 31.2. The number of hydrogen-bond donors (Lipinski definition) is 0. The molecule has 11 nitrogen and oxygen atoms in total. The number of nitrogens with zero attached hydrogens (tertiary/aromatic N) is 3. The molecule has 3 heterocycles. The Labute approximate surface area is 305 Å². The molecule has 1 amide bonds. The number of carbonyl (C=O) groups excluding carboxylic acids is 1. The molecule has 5 rings (SSSR count). The summed E-state index contributed by atoms with van der Waals surface area (Å²) in [6.07, 6.45) is 0.528. The van der Waals surface area contributed by atoms with Gasteiger partial charge in [0.05, 0.1) is 72.7 Å². The molecule has 0 spiro atoms. The average molecular weight is 712 g/mol. The number of rotatable bonds is 18. The van der Waals surface area contributed by atoms with Gasteiger partial charge in [-0.3, -0.25) is 9.80 Å². The quantitative estimate of drug-likeness (QED) is 0.198. The number of morpholine rings is 2. The molecule has 0 aliphatic carbocycles. The lowest BCUT2D eigenvalue weighted by Gasteiger charge is -2.44. The van der Waals surface area contributed by atoms with Crippen LogP contribution in [-0.2, 0) is 35.0 Å². The van der Waals surface area contributed by atoms with Gasteiger partial charge in [0.15, 0.2) is 0 Å². The molecule has 0 radical (unpaired) electrons. The van der Waals surface area contributed by atoms with Crippen LogP contribution in [0.1, 0.15) is 44.2 Å². The monoisotopic (exact) mass is 711 g/mol. The van der Waals surface area contributed by atoms with Gasteiger partial charge in [-0.1, -0.05) is 42.5 Å². The van der Waals surface area contributed by atoms with Crippen LogP contribution in [-0.4, -0.2) is 145 Å². The maximum absolute atomic E-state index is 13.5. The number of benzene rings is 2. The van der Waals surface area contributed by atoms with Gasteiger partial charge >= 0.3 is 6.09 Å². The predicted octanol–water partition coefficient (Wildman–Crippen LogP) is 4.94. The van der Waals surface area contributed by atoms with Crippen LogP contribution >= 0.6 is 0 Å². The molecule has 3 saturated heterocycles. The fourth-order valence-corrected chi connectivity index (χ4v) is 6.99. The summed E-state index contributed by atoms with van der Waals surface area (Å²) in [4.78, 5) is 20.1. The first-order valence-corrected chi connectivity index (χ1v) is 18.9. The third kappa shape index (κ3) is 13.9. The molecule has 1 unspecified atom stereocenters. The van der Waals surface area contributed by atoms with Gasteiger partial charge in [0.25, 0.3) is 0 Å². The maximum Gasteiger partial charge on any atom is 0.410 e. The number of ether oxygens (including phenoxy) is 7. The van der Waals surface area contributed by atoms with E-state index in [9.17, 15) is 4.79 Å². The molecule has 3 aliphatic heterocycles. The van der Waals surface area contributed by atoms with Crippen molar-refractivity contribution in [2.24, 2.45) is 11.8 Å². The Kier molecular flexibility index (Phi) is 16.3. The van der Waals surface area contributed by atoms with Crippen molar-refractivity contribution < 1.29 is 38.0 Å². The molecule has 3 fully saturated rings. The zero-order chi connectivity index (χ0) is 35.7. The van der Waals surface area contributed by atoms with Crippen LogP contribution in [0.3, 0.4) is 0 Å². The number of likely N-dealkylation sites (tertiary alicyclic amines) is 1. The van der Waals surface area contributed by atoms with E-state index in [2.05, 4.69) is 46.2 Å². The highest BCUT2D eigenvalue weighted by Gasteiger charge is 2.41. The van der Waals surface area contributed by atoms with Crippen molar-refractivity contribution in [1.29, 1.82) is 0 Å². The van der Waals surface area contributed by atoms with Crippen molar-refractivity contribution in [3.8, 4) is 5.75 Å². The third-order valence-corrected chi connectivity index (χ3v) is 9.63. The molecule has 0 aromatic heterocycles. The minimum Gasteiger partial charge on any atom is -0.494 e. The highest BCUT2D eigenvalue weighted by molar-refractivity contribution is 5.68. The lowest BCUT2D eigenvalue weighted by atomic mass is 9.74. The van der Waals surface area contributed by atoms with Crippen LogP contribution in [0.15, 0.2) is 54.6 Å². The highest BCUT2D eigenvalue weighted by Crippen LogP contribution is 2.39. The molecule has 3 atom stereocenters. The molecular weight excluding hydrogens is 650 g/mol. The summed E-state index contributed by atoms with van der Waals surface area (Å²) >= 11 is 0. The van der Waals surface area contributed by atoms with Gasteiger partial charge in [0.1, 0.15) is 11.4 Å². The predicted molar refractivity (Wildman–Crippen MR) is 196 cm³/mol. The standard InChI is InChI=1S/C40H61N3O8/c1-40(2,3)51-39(44)43-28-35(31-48-26-18-41-14-22-45-23-15-41)38(36(29-43)32-49-27-19-42-16-24-46-25-17-42)34-10-12-37(13-11-34)50-21-7-20-47-30-33-8-5-4-6-9-33/h4-6,8-13,35-36,38H,7,14-32H2,1-3H3/t35-,36+,38?. The number of hydrogen-bond acceptors (Lipinski definition) is 10. The fraction of sp³-hybridized carbons (Fsp3) is 0.675. The summed E-state index contributed by atoms with van der Waals surface area (Å²) < 4.78 is 41.6. The lowest BCUT2D eigenvalue weighted by Crippen LogP contribution is -2.51. The van der Waals surface area contributed by atoms with E-state index < -0.39 is 5.60 Å². The Hall–Kier alpha value is -2.77. The highest BCUT2D eigenvalue weighted by atomic mass is 16.6. The first-order valence-electron chi connectivity index (χ1n) is 18.9. The van der Waals surface area contributed by atoms with E-state index in [4.69, 9.17) is 33.2 Å². The maximum atomic E-state index is 13.5. The average Bonchev–Trinajstić information content (AvgIpc) is 3.14. The van der Waals surface area contributed by atoms with Crippen molar-refractivity contribution in [3.05, 3.63) is 65.7 Å². The first kappa shape index (κ1) is 39.4. The fourth-order valence-electron chi connectivity index (χ4n) is 6.99. The van der Waals surface area contributed by atoms with E-state index in [0.717, 1.165) is 77.9 Å². The topological polar surface area (TPSA) is 91.4 Å². The van der Waals surface area contributed by atoms with Gasteiger partial charge in [-0.15, -0.1) is 0 Å². The molecule has 0 bridgehead atoms. The van der Waals surface area contributed by atoms with Crippen LogP contribution in [0.25, 0.3) is 0 Å². The zero-order valence-electron chi connectivity index (χ0n) is 31.2. The van der Waals surface area contributed by atoms with E-state index in [1.807, 2.05) is 43.9 Å². The third-order valence-electron chi connectivity index (χ3n) is 9.63. The molecule has 2 aromatic carbocycles. The molecule has 0 N–H and O–H groups in total. The number of amides is 1. The van der Waals surface area contributed by atoms with Crippen molar-refractivity contribution >= 4 is 6.09 Å². The van der Waals surface area contributed by atoms with Gasteiger partial charge in [0, 0.05) is 70.6 Å². The second-order valence-corrected chi connectivity index (χ2v) is 14.8. The van der Waals surface area contributed by atoms with Gasteiger partial charge in [-0.25, -0.2) is 4.79 Å². The summed E-state index contributed by atoms with van der Waals surface area (Å²) in [7, 11) is 0. The summed E-state index contributed by atoms with van der Waals surface area (Å²) in [5.74, 6) is 1.11. The van der Waals surface area contributed by atoms with Crippen LogP contribution in [0.2, 0.25) is 0 Å². The number of piperidine rings is 1. The SMILES string of the molecule is CC(C)(C)OC(=O)N1C[C@@H](COCCN2CCOCC2)C(c2ccc(OCCCOCc3ccccc3)cc2)[C@@H](COCCN2CCOCC2)C1. The van der Waals surface area contributed by atoms with E-state index in [1.165, 1.54) is 11.1 Å². The molecule has 3 aliphatic rings. The van der Waals surface area contributed by atoms with E-state index in [1.54, 1.807) is 0 Å². The minimum absolute atomic E-state index is 0.0670. The molecule has 0 saturated carbocycles. The smallest absolute Gasteiger partial charge is 0.410 e. The van der Waals surface area contributed by atoms with E-state index in [0.29, 0.717) is 59.3 Å². The summed E-state index contributed by atoms with van der Waals surface area (Å²) in [6.45, 7) is 19.6. The van der Waals surface area contributed by atoms with Crippen molar-refractivity contribution in [2.75, 3.05) is 118 Å². The largest absolute Gasteiger partial charge is 0.494 e. The van der Waals surface area contributed by atoms with Crippen molar-refractivity contribution in [2.45, 2.75) is 45.3 Å². The Morgan fingerprint density at radius 3 is 1.84 bits per heavy atom. The van der Waals surface area contributed by atoms with Crippen molar-refractivity contribution in [1.82, 2.24) is 14.7 Å².